The van der Waals surface area contributed by atoms with E-state index in [1.54, 1.807) is 0 Å². The molecule has 2 nitrogen and oxygen atoms in total. The summed E-state index contributed by atoms with van der Waals surface area (Å²) in [5.41, 5.74) is 1.32. The number of rotatable bonds is 6. The summed E-state index contributed by atoms with van der Waals surface area (Å²) >= 11 is 0. The van der Waals surface area contributed by atoms with Crippen molar-refractivity contribution < 1.29 is 4.74 Å². The smallest absolute Gasteiger partial charge is 0.120 e. The molecule has 1 aliphatic rings. The Morgan fingerprint density at radius 2 is 2.05 bits per heavy atom. The summed E-state index contributed by atoms with van der Waals surface area (Å²) in [6, 6.07) is 8.97. The molecule has 1 fully saturated rings. The molecule has 1 N–H and O–H groups in total. The van der Waals surface area contributed by atoms with E-state index < -0.39 is 0 Å². The minimum Gasteiger partial charge on any atom is -0.490 e. The van der Waals surface area contributed by atoms with Gasteiger partial charge in [-0.05, 0) is 63.3 Å². The normalized spacial score (nSPS) is 18.2. The van der Waals surface area contributed by atoms with Crippen LogP contribution < -0.4 is 10.1 Å². The molecule has 1 aliphatic carbocycles. The fourth-order valence-electron chi connectivity index (χ4n) is 2.71. The quantitative estimate of drug-likeness (QED) is 0.816. The van der Waals surface area contributed by atoms with Gasteiger partial charge in [0, 0.05) is 6.04 Å². The Kier molecular flexibility index (Phi) is 5.71. The molecule has 1 saturated carbocycles. The largest absolute Gasteiger partial charge is 0.490 e. The molecule has 0 aromatic heterocycles. The van der Waals surface area contributed by atoms with Gasteiger partial charge in [0.2, 0.25) is 0 Å². The highest BCUT2D eigenvalue weighted by Crippen LogP contribution is 2.25. The lowest BCUT2D eigenvalue weighted by Crippen LogP contribution is -2.21. The van der Waals surface area contributed by atoms with Crippen LogP contribution in [0.15, 0.2) is 24.3 Å². The molecule has 0 spiro atoms. The summed E-state index contributed by atoms with van der Waals surface area (Å²) in [5.74, 6) is 1.04. The van der Waals surface area contributed by atoms with Crippen LogP contribution in [0.1, 0.15) is 64.0 Å². The summed E-state index contributed by atoms with van der Waals surface area (Å²) in [7, 11) is 0. The minimum absolute atomic E-state index is 0.398. The first-order valence-corrected chi connectivity index (χ1v) is 7.79. The topological polar surface area (TPSA) is 21.3 Å². The summed E-state index contributed by atoms with van der Waals surface area (Å²) < 4.78 is 6.12. The van der Waals surface area contributed by atoms with E-state index in [0.29, 0.717) is 12.1 Å². The molecule has 0 aliphatic heterocycles. The molecular formula is C17H27NO. The van der Waals surface area contributed by atoms with E-state index in [1.165, 1.54) is 44.1 Å². The molecule has 0 radical (unpaired) electrons. The van der Waals surface area contributed by atoms with Crippen molar-refractivity contribution in [3.8, 4) is 5.75 Å². The first kappa shape index (κ1) is 14.4. The maximum Gasteiger partial charge on any atom is 0.120 e. The zero-order valence-electron chi connectivity index (χ0n) is 12.3. The van der Waals surface area contributed by atoms with Gasteiger partial charge in [0.1, 0.15) is 5.75 Å². The third-order valence-corrected chi connectivity index (χ3v) is 3.91. The number of ether oxygens (including phenoxy) is 1. The number of hydrogen-bond acceptors (Lipinski definition) is 2. The van der Waals surface area contributed by atoms with Crippen LogP contribution in [0.4, 0.5) is 0 Å². The summed E-state index contributed by atoms with van der Waals surface area (Å²) in [4.78, 5) is 0. The van der Waals surface area contributed by atoms with Gasteiger partial charge >= 0.3 is 0 Å². The highest BCUT2D eigenvalue weighted by Gasteiger charge is 2.15. The Hall–Kier alpha value is -1.02. The number of hydrogen-bond donors (Lipinski definition) is 1. The van der Waals surface area contributed by atoms with Crippen molar-refractivity contribution in [2.24, 2.45) is 0 Å². The van der Waals surface area contributed by atoms with Gasteiger partial charge in [-0.15, -0.1) is 0 Å². The predicted octanol–water partition coefficient (Wildman–Crippen LogP) is 4.46. The molecule has 0 saturated heterocycles. The monoisotopic (exact) mass is 261 g/mol. The SMILES string of the molecule is CCCNC(C)c1cccc(OC2CCCCC2)c1. The average molecular weight is 261 g/mol. The average Bonchev–Trinajstić information content (AvgIpc) is 2.46. The molecule has 1 aromatic carbocycles. The number of nitrogens with one attached hydrogen (secondary N) is 1. The summed E-state index contributed by atoms with van der Waals surface area (Å²) in [6.07, 6.45) is 8.04. The maximum absolute atomic E-state index is 6.12. The van der Waals surface area contributed by atoms with Crippen LogP contribution >= 0.6 is 0 Å². The van der Waals surface area contributed by atoms with Gasteiger partial charge < -0.3 is 10.1 Å². The molecule has 0 heterocycles. The van der Waals surface area contributed by atoms with Gasteiger partial charge in [-0.25, -0.2) is 0 Å². The molecule has 0 amide bonds. The second-order valence-electron chi connectivity index (χ2n) is 5.63. The fourth-order valence-corrected chi connectivity index (χ4v) is 2.71. The standard InChI is InChI=1S/C17H27NO/c1-3-12-18-14(2)15-8-7-11-17(13-15)19-16-9-5-4-6-10-16/h7-8,11,13-14,16,18H,3-6,9-10,12H2,1-2H3. The van der Waals surface area contributed by atoms with E-state index in [1.807, 2.05) is 0 Å². The van der Waals surface area contributed by atoms with Crippen molar-refractivity contribution in [3.63, 3.8) is 0 Å². The van der Waals surface area contributed by atoms with E-state index in [9.17, 15) is 0 Å². The lowest BCUT2D eigenvalue weighted by atomic mass is 9.98. The lowest BCUT2D eigenvalue weighted by Gasteiger charge is -2.23. The van der Waals surface area contributed by atoms with Crippen LogP contribution in [0.3, 0.4) is 0 Å². The lowest BCUT2D eigenvalue weighted by molar-refractivity contribution is 0.155. The van der Waals surface area contributed by atoms with Crippen molar-refractivity contribution in [2.45, 2.75) is 64.5 Å². The van der Waals surface area contributed by atoms with E-state index in [-0.39, 0.29) is 0 Å². The van der Waals surface area contributed by atoms with Crippen LogP contribution in [0.25, 0.3) is 0 Å². The van der Waals surface area contributed by atoms with Crippen LogP contribution in [-0.4, -0.2) is 12.6 Å². The Morgan fingerprint density at radius 1 is 1.26 bits per heavy atom. The first-order valence-electron chi connectivity index (χ1n) is 7.79. The maximum atomic E-state index is 6.12. The second-order valence-corrected chi connectivity index (χ2v) is 5.63. The highest BCUT2D eigenvalue weighted by molar-refractivity contribution is 5.30. The third-order valence-electron chi connectivity index (χ3n) is 3.91. The molecule has 1 unspecified atom stereocenters. The molecule has 2 rings (SSSR count). The zero-order chi connectivity index (χ0) is 13.5. The molecule has 2 heteroatoms. The fraction of sp³-hybridized carbons (Fsp3) is 0.647. The molecule has 106 valence electrons. The van der Waals surface area contributed by atoms with E-state index in [2.05, 4.69) is 43.4 Å². The van der Waals surface area contributed by atoms with Gasteiger partial charge in [0.05, 0.1) is 6.10 Å². The molecule has 0 bridgehead atoms. The van der Waals surface area contributed by atoms with Crippen molar-refractivity contribution in [3.05, 3.63) is 29.8 Å². The van der Waals surface area contributed by atoms with Gasteiger partial charge in [-0.2, -0.15) is 0 Å². The predicted molar refractivity (Wildman–Crippen MR) is 80.7 cm³/mol. The Balaban J connectivity index is 1.93. The van der Waals surface area contributed by atoms with Crippen molar-refractivity contribution in [1.29, 1.82) is 0 Å². The Morgan fingerprint density at radius 3 is 2.79 bits per heavy atom. The van der Waals surface area contributed by atoms with Crippen LogP contribution in [0.2, 0.25) is 0 Å². The zero-order valence-corrected chi connectivity index (χ0v) is 12.3. The van der Waals surface area contributed by atoms with E-state index >= 15 is 0 Å². The Bertz CT molecular complexity index is 371. The minimum atomic E-state index is 0.398. The molecule has 19 heavy (non-hydrogen) atoms. The second kappa shape index (κ2) is 7.54. The van der Waals surface area contributed by atoms with Crippen molar-refractivity contribution in [1.82, 2.24) is 5.32 Å². The van der Waals surface area contributed by atoms with Crippen LogP contribution in [0.5, 0.6) is 5.75 Å². The van der Waals surface area contributed by atoms with E-state index in [0.717, 1.165) is 12.3 Å². The third kappa shape index (κ3) is 4.54. The van der Waals surface area contributed by atoms with Crippen molar-refractivity contribution in [2.75, 3.05) is 6.54 Å². The van der Waals surface area contributed by atoms with Gasteiger partial charge in [0.15, 0.2) is 0 Å². The van der Waals surface area contributed by atoms with Gasteiger partial charge in [-0.1, -0.05) is 25.5 Å². The van der Waals surface area contributed by atoms with Crippen molar-refractivity contribution >= 4 is 0 Å². The highest BCUT2D eigenvalue weighted by atomic mass is 16.5. The van der Waals surface area contributed by atoms with Crippen LogP contribution in [0, 0.1) is 0 Å². The summed E-state index contributed by atoms with van der Waals surface area (Å²) in [5, 5.41) is 3.52. The van der Waals surface area contributed by atoms with Gasteiger partial charge in [0.25, 0.3) is 0 Å². The number of benzene rings is 1. The summed E-state index contributed by atoms with van der Waals surface area (Å²) in [6.45, 7) is 5.48. The first-order chi connectivity index (χ1) is 9.29. The molecular weight excluding hydrogens is 234 g/mol. The van der Waals surface area contributed by atoms with Gasteiger partial charge in [-0.3, -0.25) is 0 Å². The van der Waals surface area contributed by atoms with Crippen LogP contribution in [-0.2, 0) is 0 Å². The van der Waals surface area contributed by atoms with E-state index in [4.69, 9.17) is 4.74 Å². The molecule has 1 aromatic rings. The molecule has 1 atom stereocenters. The Labute approximate surface area is 117 Å².